The number of methoxy groups -OCH3 is 1. The number of aliphatic hydroxyl groups is 1. The molecule has 1 aliphatic rings. The minimum Gasteiger partial charge on any atom is -0.493 e. The molecule has 172 valence electrons. The van der Waals surface area contributed by atoms with E-state index in [0.29, 0.717) is 5.92 Å². The second kappa shape index (κ2) is 9.60. The van der Waals surface area contributed by atoms with Gasteiger partial charge in [0.05, 0.1) is 7.11 Å². The van der Waals surface area contributed by atoms with Crippen LogP contribution >= 0.6 is 0 Å². The molecule has 1 aromatic carbocycles. The maximum absolute atomic E-state index is 14.4. The Balaban J connectivity index is 1.94. The maximum atomic E-state index is 14.4. The van der Waals surface area contributed by atoms with Crippen LogP contribution in [-0.2, 0) is 4.79 Å². The summed E-state index contributed by atoms with van der Waals surface area (Å²) in [7, 11) is 1.21. The Morgan fingerprint density at radius 3 is 2.56 bits per heavy atom. The number of pyridine rings is 1. The van der Waals surface area contributed by atoms with Crippen LogP contribution in [0, 0.1) is 29.4 Å². The minimum absolute atomic E-state index is 0.0482. The number of benzene rings is 1. The average molecular weight is 447 g/mol. The summed E-state index contributed by atoms with van der Waals surface area (Å²) in [6.45, 7) is 4.00. The first kappa shape index (κ1) is 23.6. The maximum Gasteiger partial charge on any atom is 0.267 e. The summed E-state index contributed by atoms with van der Waals surface area (Å²) in [5, 5.41) is 13.6. The van der Waals surface area contributed by atoms with Crippen molar-refractivity contribution in [1.29, 1.82) is 0 Å². The zero-order valence-electron chi connectivity index (χ0n) is 18.1. The van der Waals surface area contributed by atoms with Gasteiger partial charge in [0.25, 0.3) is 11.8 Å². The highest BCUT2D eigenvalue weighted by Gasteiger charge is 2.41. The summed E-state index contributed by atoms with van der Waals surface area (Å²) in [6, 6.07) is 5.04. The first-order valence-electron chi connectivity index (χ1n) is 10.4. The van der Waals surface area contributed by atoms with Crippen molar-refractivity contribution >= 4 is 17.5 Å². The van der Waals surface area contributed by atoms with Crippen molar-refractivity contribution in [1.82, 2.24) is 4.98 Å². The number of hydrogen-bond donors (Lipinski definition) is 3. The molecule has 3 atom stereocenters. The summed E-state index contributed by atoms with van der Waals surface area (Å²) in [5.74, 6) is -4.45. The SMILES string of the molecule is COc1c([C@@H]([C@H](C)C2CC(C)C2)[C@@H](O)C(=O)Nc2ccnc(C(N)=O)c2)ccc(F)c1F. The van der Waals surface area contributed by atoms with Crippen LogP contribution in [0.25, 0.3) is 0 Å². The summed E-state index contributed by atoms with van der Waals surface area (Å²) >= 11 is 0. The molecule has 2 amide bonds. The Kier molecular flexibility index (Phi) is 7.08. The van der Waals surface area contributed by atoms with Crippen molar-refractivity contribution in [2.45, 2.75) is 38.7 Å². The molecule has 1 fully saturated rings. The molecule has 7 nitrogen and oxygen atoms in total. The largest absolute Gasteiger partial charge is 0.493 e. The quantitative estimate of drug-likeness (QED) is 0.575. The van der Waals surface area contributed by atoms with E-state index in [2.05, 4.69) is 17.2 Å². The Hall–Kier alpha value is -3.07. The van der Waals surface area contributed by atoms with Gasteiger partial charge in [-0.1, -0.05) is 19.9 Å². The number of hydrogen-bond acceptors (Lipinski definition) is 5. The molecule has 0 spiro atoms. The molecule has 2 aromatic rings. The minimum atomic E-state index is -1.59. The number of nitrogens with one attached hydrogen (secondary N) is 1. The molecule has 1 aromatic heterocycles. The smallest absolute Gasteiger partial charge is 0.267 e. The summed E-state index contributed by atoms with van der Waals surface area (Å²) in [5.41, 5.74) is 5.61. The monoisotopic (exact) mass is 447 g/mol. The predicted octanol–water partition coefficient (Wildman–Crippen LogP) is 3.23. The number of ether oxygens (including phenoxy) is 1. The number of halogens is 2. The molecular formula is C23H27F2N3O4. The summed E-state index contributed by atoms with van der Waals surface area (Å²) in [6.07, 6.45) is 1.52. The Bertz CT molecular complexity index is 1010. The van der Waals surface area contributed by atoms with E-state index in [0.717, 1.165) is 18.9 Å². The zero-order valence-corrected chi connectivity index (χ0v) is 18.1. The first-order valence-corrected chi connectivity index (χ1v) is 10.4. The van der Waals surface area contributed by atoms with Gasteiger partial charge in [-0.15, -0.1) is 0 Å². The van der Waals surface area contributed by atoms with Gasteiger partial charge < -0.3 is 20.9 Å². The number of anilines is 1. The van der Waals surface area contributed by atoms with E-state index in [4.69, 9.17) is 10.5 Å². The molecule has 0 bridgehead atoms. The van der Waals surface area contributed by atoms with Crippen LogP contribution in [-0.4, -0.2) is 35.1 Å². The van der Waals surface area contributed by atoms with E-state index in [1.54, 1.807) is 0 Å². The van der Waals surface area contributed by atoms with Crippen LogP contribution < -0.4 is 15.8 Å². The molecule has 3 rings (SSSR count). The molecule has 32 heavy (non-hydrogen) atoms. The zero-order chi connectivity index (χ0) is 23.6. The van der Waals surface area contributed by atoms with Crippen molar-refractivity contribution < 1.29 is 28.2 Å². The molecule has 0 saturated heterocycles. The van der Waals surface area contributed by atoms with E-state index >= 15 is 0 Å². The molecule has 1 aliphatic carbocycles. The highest BCUT2D eigenvalue weighted by Crippen LogP contribution is 2.47. The van der Waals surface area contributed by atoms with E-state index in [-0.39, 0.29) is 34.5 Å². The second-order valence-electron chi connectivity index (χ2n) is 8.43. The highest BCUT2D eigenvalue weighted by atomic mass is 19.2. The van der Waals surface area contributed by atoms with Gasteiger partial charge >= 0.3 is 0 Å². The van der Waals surface area contributed by atoms with Crippen LogP contribution in [0.3, 0.4) is 0 Å². The number of nitrogens with two attached hydrogens (primary N) is 1. The number of carbonyl (C=O) groups excluding carboxylic acids is 2. The van der Waals surface area contributed by atoms with Crippen molar-refractivity contribution in [3.05, 3.63) is 53.4 Å². The van der Waals surface area contributed by atoms with Crippen LogP contribution in [0.1, 0.15) is 48.7 Å². The summed E-state index contributed by atoms with van der Waals surface area (Å²) in [4.78, 5) is 28.1. The lowest BCUT2D eigenvalue weighted by atomic mass is 9.64. The van der Waals surface area contributed by atoms with Gasteiger partial charge in [-0.25, -0.2) is 4.39 Å². The van der Waals surface area contributed by atoms with Crippen LogP contribution in [0.2, 0.25) is 0 Å². The average Bonchev–Trinajstić information content (AvgIpc) is 2.74. The fraction of sp³-hybridized carbons (Fsp3) is 0.435. The third-order valence-electron chi connectivity index (χ3n) is 6.25. The van der Waals surface area contributed by atoms with Crippen LogP contribution in [0.4, 0.5) is 14.5 Å². The lowest BCUT2D eigenvalue weighted by Crippen LogP contribution is -2.41. The van der Waals surface area contributed by atoms with Crippen molar-refractivity contribution in [2.24, 2.45) is 23.5 Å². The third-order valence-corrected chi connectivity index (χ3v) is 6.25. The van der Waals surface area contributed by atoms with Gasteiger partial charge in [-0.05, 0) is 48.8 Å². The van der Waals surface area contributed by atoms with E-state index < -0.39 is 35.5 Å². The fourth-order valence-corrected chi connectivity index (χ4v) is 4.47. The van der Waals surface area contributed by atoms with Gasteiger partial charge in [-0.2, -0.15) is 4.39 Å². The number of carbonyl (C=O) groups is 2. The Morgan fingerprint density at radius 1 is 1.28 bits per heavy atom. The lowest BCUT2D eigenvalue weighted by molar-refractivity contribution is -0.126. The molecule has 9 heteroatoms. The third kappa shape index (κ3) is 4.72. The second-order valence-corrected chi connectivity index (χ2v) is 8.43. The van der Waals surface area contributed by atoms with E-state index in [1.165, 1.54) is 31.5 Å². The predicted molar refractivity (Wildman–Crippen MR) is 114 cm³/mol. The molecule has 0 unspecified atom stereocenters. The molecule has 4 N–H and O–H groups in total. The number of primary amides is 1. The normalized spacial score (nSPS) is 20.6. The van der Waals surface area contributed by atoms with Crippen molar-refractivity contribution in [3.8, 4) is 5.75 Å². The number of aliphatic hydroxyl groups excluding tert-OH is 1. The van der Waals surface area contributed by atoms with E-state index in [9.17, 15) is 23.5 Å². The van der Waals surface area contributed by atoms with Gasteiger partial charge in [0.2, 0.25) is 5.82 Å². The highest BCUT2D eigenvalue weighted by molar-refractivity contribution is 5.97. The summed E-state index contributed by atoms with van der Waals surface area (Å²) < 4.78 is 33.4. The van der Waals surface area contributed by atoms with Crippen LogP contribution in [0.15, 0.2) is 30.5 Å². The first-order chi connectivity index (χ1) is 15.1. The standard InChI is InChI=1S/C23H27F2N3O4/c1-11-8-13(9-11)12(2)18(15-4-5-16(24)19(25)21(15)32-3)20(29)23(31)28-14-6-7-27-17(10-14)22(26)30/h4-7,10-13,18,20,29H,8-9H2,1-3H3,(H2,26,30)(H,27,28,31)/t11?,12-,13?,18-,20-/m1/s1. The van der Waals surface area contributed by atoms with Crippen molar-refractivity contribution in [3.63, 3.8) is 0 Å². The number of aromatic nitrogens is 1. The van der Waals surface area contributed by atoms with Gasteiger partial charge in [-0.3, -0.25) is 14.6 Å². The Morgan fingerprint density at radius 2 is 1.97 bits per heavy atom. The Labute approximate surface area is 185 Å². The molecule has 1 heterocycles. The molecular weight excluding hydrogens is 420 g/mol. The van der Waals surface area contributed by atoms with Gasteiger partial charge in [0.15, 0.2) is 11.6 Å². The molecule has 0 aliphatic heterocycles. The van der Waals surface area contributed by atoms with E-state index in [1.807, 2.05) is 6.92 Å². The van der Waals surface area contributed by atoms with Crippen molar-refractivity contribution in [2.75, 3.05) is 12.4 Å². The topological polar surface area (TPSA) is 115 Å². The van der Waals surface area contributed by atoms with Crippen LogP contribution in [0.5, 0.6) is 5.75 Å². The van der Waals surface area contributed by atoms with Gasteiger partial charge in [0, 0.05) is 23.4 Å². The molecule has 0 radical (unpaired) electrons. The number of nitrogens with zero attached hydrogens (tertiary/aromatic N) is 1. The van der Waals surface area contributed by atoms with Gasteiger partial charge in [0.1, 0.15) is 11.8 Å². The number of amides is 2. The number of rotatable bonds is 8. The molecule has 1 saturated carbocycles. The fourth-order valence-electron chi connectivity index (χ4n) is 4.47. The lowest BCUT2D eigenvalue weighted by Gasteiger charge is -2.42.